The standard InChI is InChI=1S/C15H12ClFN2/c1-19-14-7-6-12(17)8-13(14)18-15(19)11-4-2-10(9-16)3-5-11/h2-8H,9H2,1H3. The maximum absolute atomic E-state index is 13.2. The van der Waals surface area contributed by atoms with Gasteiger partial charge in [0.15, 0.2) is 0 Å². The van der Waals surface area contributed by atoms with Gasteiger partial charge in [-0.25, -0.2) is 9.37 Å². The van der Waals surface area contributed by atoms with Crippen LogP contribution in [0, 0.1) is 5.82 Å². The third kappa shape index (κ3) is 2.10. The molecular formula is C15H12ClFN2. The Labute approximate surface area is 115 Å². The molecule has 3 aromatic rings. The van der Waals surface area contributed by atoms with Gasteiger partial charge in [0.25, 0.3) is 0 Å². The van der Waals surface area contributed by atoms with E-state index >= 15 is 0 Å². The van der Waals surface area contributed by atoms with Crippen LogP contribution in [0.25, 0.3) is 22.4 Å². The Morgan fingerprint density at radius 3 is 2.58 bits per heavy atom. The van der Waals surface area contributed by atoms with E-state index in [1.54, 1.807) is 6.07 Å². The molecule has 0 unspecified atom stereocenters. The number of aryl methyl sites for hydroxylation is 1. The summed E-state index contributed by atoms with van der Waals surface area (Å²) in [7, 11) is 1.93. The topological polar surface area (TPSA) is 17.8 Å². The zero-order valence-electron chi connectivity index (χ0n) is 10.4. The third-order valence-electron chi connectivity index (χ3n) is 3.21. The SMILES string of the molecule is Cn1c(-c2ccc(CCl)cc2)nc2cc(F)ccc21. The summed E-state index contributed by atoms with van der Waals surface area (Å²) in [5.41, 5.74) is 3.64. The average molecular weight is 275 g/mol. The van der Waals surface area contributed by atoms with Crippen molar-refractivity contribution in [3.63, 3.8) is 0 Å². The highest BCUT2D eigenvalue weighted by Crippen LogP contribution is 2.24. The van der Waals surface area contributed by atoms with Gasteiger partial charge in [0.1, 0.15) is 11.6 Å². The fourth-order valence-corrected chi connectivity index (χ4v) is 2.35. The predicted octanol–water partition coefficient (Wildman–Crippen LogP) is 4.12. The molecule has 0 atom stereocenters. The van der Waals surface area contributed by atoms with E-state index in [0.29, 0.717) is 11.4 Å². The van der Waals surface area contributed by atoms with Gasteiger partial charge in [-0.15, -0.1) is 11.6 Å². The molecule has 0 N–H and O–H groups in total. The first-order valence-electron chi connectivity index (χ1n) is 5.96. The molecule has 0 amide bonds. The van der Waals surface area contributed by atoms with Gasteiger partial charge < -0.3 is 4.57 Å². The summed E-state index contributed by atoms with van der Waals surface area (Å²) in [6.45, 7) is 0. The van der Waals surface area contributed by atoms with Crippen LogP contribution in [0.2, 0.25) is 0 Å². The van der Waals surface area contributed by atoms with Gasteiger partial charge in [-0.1, -0.05) is 24.3 Å². The van der Waals surface area contributed by atoms with Crippen LogP contribution in [0.4, 0.5) is 4.39 Å². The summed E-state index contributed by atoms with van der Waals surface area (Å²) in [6, 6.07) is 12.6. The number of hydrogen-bond donors (Lipinski definition) is 0. The van der Waals surface area contributed by atoms with Crippen molar-refractivity contribution in [2.24, 2.45) is 7.05 Å². The molecule has 0 spiro atoms. The number of benzene rings is 2. The quantitative estimate of drug-likeness (QED) is 0.643. The molecule has 2 aromatic carbocycles. The van der Waals surface area contributed by atoms with Crippen molar-refractivity contribution in [1.29, 1.82) is 0 Å². The molecule has 2 nitrogen and oxygen atoms in total. The number of halogens is 2. The third-order valence-corrected chi connectivity index (χ3v) is 3.52. The minimum Gasteiger partial charge on any atom is -0.327 e. The molecule has 0 aliphatic carbocycles. The zero-order chi connectivity index (χ0) is 13.4. The Bertz CT molecular complexity index is 732. The maximum atomic E-state index is 13.2. The van der Waals surface area contributed by atoms with Gasteiger partial charge in [0, 0.05) is 24.6 Å². The van der Waals surface area contributed by atoms with E-state index in [4.69, 9.17) is 11.6 Å². The normalized spacial score (nSPS) is 11.1. The molecule has 3 rings (SSSR count). The minimum atomic E-state index is -0.269. The Morgan fingerprint density at radius 1 is 1.16 bits per heavy atom. The summed E-state index contributed by atoms with van der Waals surface area (Å²) < 4.78 is 15.2. The minimum absolute atomic E-state index is 0.269. The molecule has 0 saturated carbocycles. The van der Waals surface area contributed by atoms with Gasteiger partial charge in [0.2, 0.25) is 0 Å². The second-order valence-electron chi connectivity index (χ2n) is 4.46. The number of alkyl halides is 1. The molecule has 0 fully saturated rings. The summed E-state index contributed by atoms with van der Waals surface area (Å²) in [5.74, 6) is 1.05. The van der Waals surface area contributed by atoms with E-state index in [1.165, 1.54) is 12.1 Å². The highest BCUT2D eigenvalue weighted by atomic mass is 35.5. The van der Waals surface area contributed by atoms with E-state index in [-0.39, 0.29) is 5.82 Å². The Kier molecular flexibility index (Phi) is 2.99. The lowest BCUT2D eigenvalue weighted by Crippen LogP contribution is -1.92. The summed E-state index contributed by atoms with van der Waals surface area (Å²) in [6.07, 6.45) is 0. The van der Waals surface area contributed by atoms with Crippen molar-refractivity contribution in [3.05, 3.63) is 53.8 Å². The van der Waals surface area contributed by atoms with E-state index < -0.39 is 0 Å². The molecule has 19 heavy (non-hydrogen) atoms. The number of hydrogen-bond acceptors (Lipinski definition) is 1. The number of imidazole rings is 1. The molecule has 96 valence electrons. The van der Waals surface area contributed by atoms with Crippen LogP contribution in [0.1, 0.15) is 5.56 Å². The maximum Gasteiger partial charge on any atom is 0.140 e. The summed E-state index contributed by atoms with van der Waals surface area (Å²) in [4.78, 5) is 4.49. The highest BCUT2D eigenvalue weighted by Gasteiger charge is 2.10. The average Bonchev–Trinajstić information content (AvgIpc) is 2.75. The van der Waals surface area contributed by atoms with E-state index in [9.17, 15) is 4.39 Å². The van der Waals surface area contributed by atoms with Crippen molar-refractivity contribution in [1.82, 2.24) is 9.55 Å². The van der Waals surface area contributed by atoms with Gasteiger partial charge in [-0.2, -0.15) is 0 Å². The largest absolute Gasteiger partial charge is 0.327 e. The lowest BCUT2D eigenvalue weighted by Gasteiger charge is -2.03. The smallest absolute Gasteiger partial charge is 0.140 e. The first kappa shape index (κ1) is 12.2. The second kappa shape index (κ2) is 4.67. The molecule has 1 aromatic heterocycles. The van der Waals surface area contributed by atoms with Crippen molar-refractivity contribution in [2.75, 3.05) is 0 Å². The molecule has 0 aliphatic rings. The fourth-order valence-electron chi connectivity index (χ4n) is 2.17. The van der Waals surface area contributed by atoms with Crippen molar-refractivity contribution < 1.29 is 4.39 Å². The van der Waals surface area contributed by atoms with Crippen LogP contribution >= 0.6 is 11.6 Å². The summed E-state index contributed by atoms with van der Waals surface area (Å²) in [5, 5.41) is 0. The molecule has 0 aliphatic heterocycles. The highest BCUT2D eigenvalue weighted by molar-refractivity contribution is 6.17. The van der Waals surface area contributed by atoms with Gasteiger partial charge in [-0.05, 0) is 17.7 Å². The lowest BCUT2D eigenvalue weighted by molar-refractivity contribution is 0.629. The predicted molar refractivity (Wildman–Crippen MR) is 75.7 cm³/mol. The second-order valence-corrected chi connectivity index (χ2v) is 4.73. The monoisotopic (exact) mass is 274 g/mol. The van der Waals surface area contributed by atoms with Crippen LogP contribution in [-0.2, 0) is 12.9 Å². The first-order valence-corrected chi connectivity index (χ1v) is 6.50. The lowest BCUT2D eigenvalue weighted by atomic mass is 10.1. The number of rotatable bonds is 2. The molecule has 4 heteroatoms. The van der Waals surface area contributed by atoms with Crippen molar-refractivity contribution in [2.45, 2.75) is 5.88 Å². The molecule has 0 radical (unpaired) electrons. The Morgan fingerprint density at radius 2 is 1.89 bits per heavy atom. The van der Waals surface area contributed by atoms with Crippen LogP contribution in [0.5, 0.6) is 0 Å². The Hall–Kier alpha value is -1.87. The van der Waals surface area contributed by atoms with E-state index in [0.717, 1.165) is 22.5 Å². The first-order chi connectivity index (χ1) is 9.19. The van der Waals surface area contributed by atoms with Crippen molar-refractivity contribution in [3.8, 4) is 11.4 Å². The summed E-state index contributed by atoms with van der Waals surface area (Å²) >= 11 is 5.78. The van der Waals surface area contributed by atoms with Gasteiger partial charge >= 0.3 is 0 Å². The zero-order valence-corrected chi connectivity index (χ0v) is 11.2. The van der Waals surface area contributed by atoms with Gasteiger partial charge in [-0.3, -0.25) is 0 Å². The van der Waals surface area contributed by atoms with E-state index in [2.05, 4.69) is 4.98 Å². The Balaban J connectivity index is 2.15. The fraction of sp³-hybridized carbons (Fsp3) is 0.133. The van der Waals surface area contributed by atoms with Crippen LogP contribution in [0.3, 0.4) is 0 Å². The number of aromatic nitrogens is 2. The van der Waals surface area contributed by atoms with Crippen molar-refractivity contribution >= 4 is 22.6 Å². The van der Waals surface area contributed by atoms with Crippen LogP contribution in [0.15, 0.2) is 42.5 Å². The van der Waals surface area contributed by atoms with E-state index in [1.807, 2.05) is 35.9 Å². The number of nitrogens with zero attached hydrogens (tertiary/aromatic N) is 2. The van der Waals surface area contributed by atoms with Gasteiger partial charge in [0.05, 0.1) is 11.0 Å². The molecule has 0 saturated heterocycles. The molecular weight excluding hydrogens is 263 g/mol. The molecule has 1 heterocycles. The number of fused-ring (bicyclic) bond motifs is 1. The van der Waals surface area contributed by atoms with Crippen LogP contribution in [-0.4, -0.2) is 9.55 Å². The molecule has 0 bridgehead atoms. The van der Waals surface area contributed by atoms with Crippen LogP contribution < -0.4 is 0 Å².